The van der Waals surface area contributed by atoms with Gasteiger partial charge >= 0.3 is 0 Å². The molecule has 0 amide bonds. The highest BCUT2D eigenvalue weighted by molar-refractivity contribution is 7.43. The van der Waals surface area contributed by atoms with Gasteiger partial charge in [-0.05, 0) is 32.1 Å². The molecule has 0 spiro atoms. The summed E-state index contributed by atoms with van der Waals surface area (Å²) in [6, 6.07) is 0. The Kier molecular flexibility index (Phi) is 34.9. The van der Waals surface area contributed by atoms with E-state index < -0.39 is 7.82 Å². The van der Waals surface area contributed by atoms with E-state index in [0.29, 0.717) is 6.42 Å². The van der Waals surface area contributed by atoms with Gasteiger partial charge in [-0.25, -0.2) is 0 Å². The van der Waals surface area contributed by atoms with Gasteiger partial charge in [-0.2, -0.15) is 0 Å². The van der Waals surface area contributed by atoms with Crippen molar-refractivity contribution >= 4 is 7.82 Å². The van der Waals surface area contributed by atoms with Gasteiger partial charge in [0.1, 0.15) is 0 Å². The van der Waals surface area contributed by atoms with Crippen LogP contribution in [0.1, 0.15) is 162 Å². The Balaban J connectivity index is -0.000000542. The molecule has 0 atom stereocenters. The first-order valence-corrected chi connectivity index (χ1v) is 18.9. The van der Waals surface area contributed by atoms with Gasteiger partial charge in [0.05, 0.1) is 69.8 Å². The number of quaternary nitrogens is 2. The first kappa shape index (κ1) is 45.5. The van der Waals surface area contributed by atoms with Gasteiger partial charge in [0.2, 0.25) is 0 Å². The number of phosphoric acid groups is 1. The minimum atomic E-state index is -4.74. The highest BCUT2D eigenvalue weighted by Crippen LogP contribution is 2.24. The number of unbranched alkanes of at least 4 members (excludes halogenated alkanes) is 19. The Labute approximate surface area is 259 Å². The molecule has 0 radical (unpaired) electrons. The van der Waals surface area contributed by atoms with E-state index in [1.54, 1.807) is 0 Å². The van der Waals surface area contributed by atoms with E-state index in [2.05, 4.69) is 67.6 Å². The highest BCUT2D eigenvalue weighted by Gasteiger charge is 2.05. The van der Waals surface area contributed by atoms with Crippen molar-refractivity contribution in [3.05, 3.63) is 0 Å². The Bertz CT molecular complexity index is 516. The first-order valence-electron chi connectivity index (χ1n) is 17.5. The fourth-order valence-electron chi connectivity index (χ4n) is 4.50. The molecule has 0 aliphatic carbocycles. The van der Waals surface area contributed by atoms with Gasteiger partial charge in [-0.1, -0.05) is 130 Å². The molecule has 0 saturated carbocycles. The molecule has 0 aromatic carbocycles. The monoisotopic (exact) mass is 609 g/mol. The first-order chi connectivity index (χ1) is 19.2. The van der Waals surface area contributed by atoms with Crippen molar-refractivity contribution in [3.8, 4) is 0 Å². The minimum absolute atomic E-state index is 0.0424. The molecule has 0 N–H and O–H groups in total. The van der Waals surface area contributed by atoms with Crippen molar-refractivity contribution < 1.29 is 27.8 Å². The smallest absolute Gasteiger partial charge is 0.0780 e. The standard InChI is InChI=1S/C12H27O4P.2C11H26N/c1-2-3-4-5-6-7-8-9-10-11-12-16-17(13,14)15;2*1-5-6-7-8-9-10-11-12(2,3)4/h2-12H2,1H3,(H2,13,14,15);2*5-11H2,1-4H3/q;2*+1/p-2. The van der Waals surface area contributed by atoms with Crippen LogP contribution in [-0.2, 0) is 9.09 Å². The van der Waals surface area contributed by atoms with E-state index in [9.17, 15) is 14.4 Å². The summed E-state index contributed by atoms with van der Waals surface area (Å²) in [7, 11) is 8.88. The molecule has 0 aliphatic rings. The number of hydrogen-bond donors (Lipinski definition) is 0. The summed E-state index contributed by atoms with van der Waals surface area (Å²) in [5.74, 6) is 0. The van der Waals surface area contributed by atoms with E-state index in [1.165, 1.54) is 135 Å². The van der Waals surface area contributed by atoms with E-state index in [1.807, 2.05) is 0 Å². The molecule has 0 aliphatic heterocycles. The predicted molar refractivity (Wildman–Crippen MR) is 178 cm³/mol. The number of hydrogen-bond acceptors (Lipinski definition) is 4. The van der Waals surface area contributed by atoms with Crippen molar-refractivity contribution in [1.29, 1.82) is 0 Å². The summed E-state index contributed by atoms with van der Waals surface area (Å²) < 4.78 is 16.5. The van der Waals surface area contributed by atoms with Gasteiger partial charge < -0.3 is 27.8 Å². The van der Waals surface area contributed by atoms with Crippen LogP contribution >= 0.6 is 7.82 Å². The molecular formula is C34H77N2O4P. The molecule has 7 heteroatoms. The topological polar surface area (TPSA) is 72.4 Å². The van der Waals surface area contributed by atoms with Gasteiger partial charge in [0.25, 0.3) is 0 Å². The minimum Gasteiger partial charge on any atom is -0.790 e. The van der Waals surface area contributed by atoms with E-state index in [4.69, 9.17) is 0 Å². The van der Waals surface area contributed by atoms with Crippen molar-refractivity contribution in [2.75, 3.05) is 62.0 Å². The van der Waals surface area contributed by atoms with Gasteiger partial charge in [0.15, 0.2) is 0 Å². The number of rotatable bonds is 26. The maximum absolute atomic E-state index is 10.1. The lowest BCUT2D eigenvalue weighted by Crippen LogP contribution is -2.35. The molecule has 0 heterocycles. The number of nitrogens with zero attached hydrogens (tertiary/aromatic N) is 2. The van der Waals surface area contributed by atoms with Crippen molar-refractivity contribution in [2.24, 2.45) is 0 Å². The molecule has 0 bridgehead atoms. The summed E-state index contributed by atoms with van der Waals surface area (Å²) in [5, 5.41) is 0. The lowest BCUT2D eigenvalue weighted by atomic mass is 10.1. The quantitative estimate of drug-likeness (QED) is 0.0559. The van der Waals surface area contributed by atoms with Crippen LogP contribution in [0.3, 0.4) is 0 Å². The van der Waals surface area contributed by atoms with Crippen molar-refractivity contribution in [3.63, 3.8) is 0 Å². The van der Waals surface area contributed by atoms with Gasteiger partial charge in [0, 0.05) is 0 Å². The SMILES string of the molecule is CCCCCCCCCCCCOP(=O)([O-])[O-].CCCCCCCC[N+](C)(C)C.CCCCCCCC[N+](C)(C)C. The third-order valence-corrected chi connectivity index (χ3v) is 7.61. The maximum atomic E-state index is 10.1. The summed E-state index contributed by atoms with van der Waals surface area (Å²) >= 11 is 0. The van der Waals surface area contributed by atoms with Crippen LogP contribution < -0.4 is 9.79 Å². The van der Waals surface area contributed by atoms with Crippen LogP contribution in [0.2, 0.25) is 0 Å². The van der Waals surface area contributed by atoms with Crippen LogP contribution in [0.4, 0.5) is 0 Å². The van der Waals surface area contributed by atoms with Crippen molar-refractivity contribution in [1.82, 2.24) is 0 Å². The predicted octanol–water partition coefficient (Wildman–Crippen LogP) is 8.86. The normalized spacial score (nSPS) is 12.0. The Morgan fingerprint density at radius 3 is 0.927 bits per heavy atom. The van der Waals surface area contributed by atoms with E-state index >= 15 is 0 Å². The molecule has 252 valence electrons. The molecule has 0 aromatic heterocycles. The third kappa shape index (κ3) is 56.4. The Morgan fingerprint density at radius 2 is 0.683 bits per heavy atom. The number of phosphoric ester groups is 1. The maximum Gasteiger partial charge on any atom is 0.0780 e. The largest absolute Gasteiger partial charge is 0.790 e. The van der Waals surface area contributed by atoms with Crippen LogP contribution in [-0.4, -0.2) is 70.9 Å². The average molecular weight is 609 g/mol. The van der Waals surface area contributed by atoms with Crippen molar-refractivity contribution in [2.45, 2.75) is 162 Å². The lowest BCUT2D eigenvalue weighted by molar-refractivity contribution is -0.870. The molecule has 0 aromatic rings. The van der Waals surface area contributed by atoms with Crippen LogP contribution in [0.5, 0.6) is 0 Å². The fourth-order valence-corrected chi connectivity index (χ4v) is 4.85. The zero-order chi connectivity index (χ0) is 31.9. The average Bonchev–Trinajstić information content (AvgIpc) is 2.86. The highest BCUT2D eigenvalue weighted by atomic mass is 31.2. The molecular weight excluding hydrogens is 531 g/mol. The third-order valence-electron chi connectivity index (χ3n) is 7.11. The molecule has 0 rings (SSSR count). The fraction of sp³-hybridized carbons (Fsp3) is 1.00. The molecule has 41 heavy (non-hydrogen) atoms. The van der Waals surface area contributed by atoms with Crippen LogP contribution in [0.15, 0.2) is 0 Å². The Morgan fingerprint density at radius 1 is 0.439 bits per heavy atom. The second-order valence-electron chi connectivity index (χ2n) is 14.0. The van der Waals surface area contributed by atoms with Crippen LogP contribution in [0, 0.1) is 0 Å². The Hall–Kier alpha value is 0.0300. The molecule has 0 unspecified atom stereocenters. The van der Waals surface area contributed by atoms with E-state index in [-0.39, 0.29) is 6.61 Å². The molecule has 6 nitrogen and oxygen atoms in total. The van der Waals surface area contributed by atoms with Crippen LogP contribution in [0.25, 0.3) is 0 Å². The summed E-state index contributed by atoms with van der Waals surface area (Å²) in [6.07, 6.45) is 28.7. The molecule has 0 saturated heterocycles. The molecule has 0 fully saturated rings. The zero-order valence-corrected chi connectivity index (χ0v) is 30.5. The zero-order valence-electron chi connectivity index (χ0n) is 29.7. The summed E-state index contributed by atoms with van der Waals surface area (Å²) in [6.45, 7) is 9.45. The lowest BCUT2D eigenvalue weighted by Gasteiger charge is -2.28. The second-order valence-corrected chi connectivity index (χ2v) is 15.2. The summed E-state index contributed by atoms with van der Waals surface area (Å²) in [5.41, 5.74) is 0. The van der Waals surface area contributed by atoms with E-state index in [0.717, 1.165) is 21.8 Å². The summed E-state index contributed by atoms with van der Waals surface area (Å²) in [4.78, 5) is 20.3. The van der Waals surface area contributed by atoms with Gasteiger partial charge in [-0.15, -0.1) is 0 Å². The second kappa shape index (κ2) is 31.5. The van der Waals surface area contributed by atoms with Gasteiger partial charge in [-0.3, -0.25) is 0 Å².